The van der Waals surface area contributed by atoms with Crippen LogP contribution in [0.2, 0.25) is 0 Å². The predicted molar refractivity (Wildman–Crippen MR) is 50.5 cm³/mol. The minimum absolute atomic E-state index is 0.481. The molecule has 102 valence electrons. The standard InChI is InChI=1S/C7H7F3N2O5S/c1-16-5-3(18(11,14)15)2-12-6(4(5)13)17-7(8,9)10/h2,13H,1H3,(H2,11,14,15). The third-order valence-electron chi connectivity index (χ3n) is 1.66. The molecule has 0 aliphatic rings. The van der Waals surface area contributed by atoms with Crippen LogP contribution in [0.25, 0.3) is 0 Å². The molecule has 1 heterocycles. The van der Waals surface area contributed by atoms with E-state index in [0.29, 0.717) is 6.20 Å². The van der Waals surface area contributed by atoms with Crippen molar-refractivity contribution in [2.75, 3.05) is 7.11 Å². The number of sulfonamides is 1. The van der Waals surface area contributed by atoms with Gasteiger partial charge in [-0.05, 0) is 0 Å². The Hall–Kier alpha value is -1.75. The van der Waals surface area contributed by atoms with Crippen LogP contribution in [0.3, 0.4) is 0 Å². The van der Waals surface area contributed by atoms with Crippen LogP contribution in [-0.2, 0) is 10.0 Å². The number of aromatic hydroxyl groups is 1. The fraction of sp³-hybridized carbons (Fsp3) is 0.286. The summed E-state index contributed by atoms with van der Waals surface area (Å²) >= 11 is 0. The highest BCUT2D eigenvalue weighted by molar-refractivity contribution is 7.89. The second-order valence-electron chi connectivity index (χ2n) is 2.90. The van der Waals surface area contributed by atoms with Crippen LogP contribution >= 0.6 is 0 Å². The first-order chi connectivity index (χ1) is 8.06. The molecular weight excluding hydrogens is 281 g/mol. The highest BCUT2D eigenvalue weighted by Gasteiger charge is 2.35. The Morgan fingerprint density at radius 3 is 2.39 bits per heavy atom. The van der Waals surface area contributed by atoms with Gasteiger partial charge in [-0.15, -0.1) is 13.2 Å². The van der Waals surface area contributed by atoms with Crippen LogP contribution in [0, 0.1) is 0 Å². The lowest BCUT2D eigenvalue weighted by Crippen LogP contribution is -2.19. The maximum absolute atomic E-state index is 11.9. The average molecular weight is 288 g/mol. The molecular formula is C7H7F3N2O5S. The SMILES string of the molecule is COc1c(S(N)(=O)=O)cnc(OC(F)(F)F)c1O. The summed E-state index contributed by atoms with van der Waals surface area (Å²) in [5.41, 5.74) is 0. The molecule has 18 heavy (non-hydrogen) atoms. The van der Waals surface area contributed by atoms with Crippen LogP contribution in [0.15, 0.2) is 11.1 Å². The Morgan fingerprint density at radius 2 is 2.00 bits per heavy atom. The number of alkyl halides is 3. The van der Waals surface area contributed by atoms with Crippen molar-refractivity contribution >= 4 is 10.0 Å². The van der Waals surface area contributed by atoms with Crippen molar-refractivity contribution in [1.29, 1.82) is 0 Å². The van der Waals surface area contributed by atoms with E-state index in [1.807, 2.05) is 0 Å². The van der Waals surface area contributed by atoms with Gasteiger partial charge in [-0.2, -0.15) is 0 Å². The van der Waals surface area contributed by atoms with Gasteiger partial charge in [-0.25, -0.2) is 18.5 Å². The maximum Gasteiger partial charge on any atom is 0.574 e. The summed E-state index contributed by atoms with van der Waals surface area (Å²) in [6.45, 7) is 0. The second-order valence-corrected chi connectivity index (χ2v) is 4.43. The van der Waals surface area contributed by atoms with Gasteiger partial charge in [-0.3, -0.25) is 0 Å². The first-order valence-electron chi connectivity index (χ1n) is 4.10. The molecule has 1 aromatic rings. The van der Waals surface area contributed by atoms with E-state index in [1.54, 1.807) is 0 Å². The molecule has 0 bridgehead atoms. The maximum atomic E-state index is 11.9. The van der Waals surface area contributed by atoms with Gasteiger partial charge in [0.1, 0.15) is 4.90 Å². The number of pyridine rings is 1. The topological polar surface area (TPSA) is 112 Å². The van der Waals surface area contributed by atoms with Gasteiger partial charge < -0.3 is 14.6 Å². The zero-order valence-electron chi connectivity index (χ0n) is 8.72. The average Bonchev–Trinajstić information content (AvgIpc) is 2.17. The van der Waals surface area contributed by atoms with E-state index in [4.69, 9.17) is 5.14 Å². The van der Waals surface area contributed by atoms with Gasteiger partial charge in [-0.1, -0.05) is 0 Å². The number of halogens is 3. The summed E-state index contributed by atoms with van der Waals surface area (Å²) in [4.78, 5) is 2.24. The van der Waals surface area contributed by atoms with Gasteiger partial charge >= 0.3 is 6.36 Å². The minimum atomic E-state index is -5.10. The molecule has 0 amide bonds. The molecule has 0 aromatic carbocycles. The van der Waals surface area contributed by atoms with Gasteiger partial charge in [0, 0.05) is 0 Å². The quantitative estimate of drug-likeness (QED) is 0.829. The molecule has 0 unspecified atom stereocenters. The van der Waals surface area contributed by atoms with Crippen molar-refractivity contribution in [2.24, 2.45) is 5.14 Å². The number of nitrogens with two attached hydrogens (primary N) is 1. The molecule has 1 aromatic heterocycles. The Bertz CT molecular complexity index is 557. The van der Waals surface area contributed by atoms with Gasteiger partial charge in [0.25, 0.3) is 5.88 Å². The number of nitrogens with zero attached hydrogens (tertiary/aromatic N) is 1. The van der Waals surface area contributed by atoms with E-state index in [1.165, 1.54) is 0 Å². The summed E-state index contributed by atoms with van der Waals surface area (Å²) in [5.74, 6) is -3.25. The van der Waals surface area contributed by atoms with Crippen molar-refractivity contribution in [1.82, 2.24) is 4.98 Å². The fourth-order valence-corrected chi connectivity index (χ4v) is 1.67. The summed E-state index contributed by atoms with van der Waals surface area (Å²) in [7, 11) is -3.38. The Labute approximate surface area is 99.0 Å². The van der Waals surface area contributed by atoms with Crippen LogP contribution < -0.4 is 14.6 Å². The van der Waals surface area contributed by atoms with E-state index in [0.717, 1.165) is 7.11 Å². The number of methoxy groups -OCH3 is 1. The van der Waals surface area contributed by atoms with Crippen molar-refractivity contribution < 1.29 is 36.2 Å². The number of rotatable bonds is 3. The number of aromatic nitrogens is 1. The Balaban J connectivity index is 3.39. The first kappa shape index (κ1) is 14.3. The number of primary sulfonamides is 1. The van der Waals surface area contributed by atoms with E-state index >= 15 is 0 Å². The lowest BCUT2D eigenvalue weighted by Gasteiger charge is -2.13. The Kier molecular flexibility index (Phi) is 3.57. The van der Waals surface area contributed by atoms with Crippen LogP contribution in [0.5, 0.6) is 17.4 Å². The first-order valence-corrected chi connectivity index (χ1v) is 5.65. The van der Waals surface area contributed by atoms with Gasteiger partial charge in [0.15, 0.2) is 5.75 Å². The molecule has 0 aliphatic carbocycles. The van der Waals surface area contributed by atoms with Crippen LogP contribution in [0.4, 0.5) is 13.2 Å². The lowest BCUT2D eigenvalue weighted by atomic mass is 10.4. The normalized spacial score (nSPS) is 12.3. The van der Waals surface area contributed by atoms with Crippen molar-refractivity contribution in [3.05, 3.63) is 6.20 Å². The summed E-state index contributed by atoms with van der Waals surface area (Å²) in [6.07, 6.45) is -4.62. The molecule has 11 heteroatoms. The molecule has 0 radical (unpaired) electrons. The van der Waals surface area contributed by atoms with Crippen molar-refractivity contribution in [3.8, 4) is 17.4 Å². The highest BCUT2D eigenvalue weighted by atomic mass is 32.2. The van der Waals surface area contributed by atoms with E-state index < -0.39 is 38.7 Å². The molecule has 0 saturated carbocycles. The number of hydrogen-bond donors (Lipinski definition) is 2. The summed E-state index contributed by atoms with van der Waals surface area (Å²) < 4.78 is 65.7. The third-order valence-corrected chi connectivity index (χ3v) is 2.57. The largest absolute Gasteiger partial charge is 0.574 e. The van der Waals surface area contributed by atoms with Gasteiger partial charge in [0.2, 0.25) is 15.8 Å². The molecule has 0 fully saturated rings. The molecule has 0 aliphatic heterocycles. The highest BCUT2D eigenvalue weighted by Crippen LogP contribution is 2.40. The van der Waals surface area contributed by atoms with Gasteiger partial charge in [0.05, 0.1) is 13.3 Å². The predicted octanol–water partition coefficient (Wildman–Crippen LogP) is 0.342. The van der Waals surface area contributed by atoms with Crippen molar-refractivity contribution in [2.45, 2.75) is 11.3 Å². The zero-order valence-corrected chi connectivity index (χ0v) is 9.54. The molecule has 0 saturated heterocycles. The van der Waals surface area contributed by atoms with Crippen molar-refractivity contribution in [3.63, 3.8) is 0 Å². The van der Waals surface area contributed by atoms with E-state index in [2.05, 4.69) is 14.5 Å². The fourth-order valence-electron chi connectivity index (χ4n) is 1.04. The number of ether oxygens (including phenoxy) is 2. The third kappa shape index (κ3) is 3.13. The molecule has 0 atom stereocenters. The zero-order chi connectivity index (χ0) is 14.1. The van der Waals surface area contributed by atoms with E-state index in [9.17, 15) is 26.7 Å². The molecule has 0 spiro atoms. The molecule has 7 nitrogen and oxygen atoms in total. The van der Waals surface area contributed by atoms with E-state index in [-0.39, 0.29) is 0 Å². The lowest BCUT2D eigenvalue weighted by molar-refractivity contribution is -0.276. The smallest absolute Gasteiger partial charge is 0.500 e. The second kappa shape index (κ2) is 4.49. The Morgan fingerprint density at radius 1 is 1.44 bits per heavy atom. The summed E-state index contributed by atoms with van der Waals surface area (Å²) in [6, 6.07) is 0. The monoisotopic (exact) mass is 288 g/mol. The summed E-state index contributed by atoms with van der Waals surface area (Å²) in [5, 5.41) is 14.1. The van der Waals surface area contributed by atoms with Crippen LogP contribution in [0.1, 0.15) is 0 Å². The minimum Gasteiger partial charge on any atom is -0.500 e. The number of hydrogen-bond acceptors (Lipinski definition) is 6. The van der Waals surface area contributed by atoms with Crippen LogP contribution in [-0.4, -0.2) is 32.0 Å². The molecule has 1 rings (SSSR count). The molecule has 3 N–H and O–H groups in total.